The Labute approximate surface area is 106 Å². The zero-order valence-electron chi connectivity index (χ0n) is 10.8. The zero-order chi connectivity index (χ0) is 13.7. The standard InChI is InChI=1S/C13H18FNO3/c1-4-12(13(16)17)15(2)8-9-5-6-10(18-3)7-11(9)14/h5-7,12H,4,8H2,1-3H3,(H,16,17). The van der Waals surface area contributed by atoms with Gasteiger partial charge in [-0.25, -0.2) is 4.39 Å². The van der Waals surface area contributed by atoms with E-state index in [0.717, 1.165) is 0 Å². The summed E-state index contributed by atoms with van der Waals surface area (Å²) in [5.41, 5.74) is 0.456. The number of nitrogens with zero attached hydrogens (tertiary/aromatic N) is 1. The molecule has 0 aliphatic rings. The molecule has 0 aliphatic carbocycles. The van der Waals surface area contributed by atoms with Crippen LogP contribution in [0.5, 0.6) is 5.75 Å². The third-order valence-corrected chi connectivity index (χ3v) is 2.88. The van der Waals surface area contributed by atoms with Crippen molar-refractivity contribution >= 4 is 5.97 Å². The summed E-state index contributed by atoms with van der Waals surface area (Å²) >= 11 is 0. The molecule has 0 radical (unpaired) electrons. The summed E-state index contributed by atoms with van der Waals surface area (Å²) in [5.74, 6) is -0.834. The first-order valence-electron chi connectivity index (χ1n) is 5.75. The van der Waals surface area contributed by atoms with Crippen LogP contribution in [0.15, 0.2) is 18.2 Å². The molecule has 0 bridgehead atoms. The van der Waals surface area contributed by atoms with Crippen LogP contribution >= 0.6 is 0 Å². The minimum absolute atomic E-state index is 0.251. The van der Waals surface area contributed by atoms with Crippen LogP contribution in [0.1, 0.15) is 18.9 Å². The Morgan fingerprint density at radius 3 is 2.67 bits per heavy atom. The number of hydrogen-bond donors (Lipinski definition) is 1. The molecule has 1 rings (SSSR count). The van der Waals surface area contributed by atoms with Gasteiger partial charge in [-0.3, -0.25) is 9.69 Å². The van der Waals surface area contributed by atoms with E-state index >= 15 is 0 Å². The average Bonchev–Trinajstić information content (AvgIpc) is 2.32. The highest BCUT2D eigenvalue weighted by Gasteiger charge is 2.21. The van der Waals surface area contributed by atoms with Crippen LogP contribution in [0, 0.1) is 5.82 Å². The maximum Gasteiger partial charge on any atom is 0.320 e. The lowest BCUT2D eigenvalue weighted by atomic mass is 10.1. The molecule has 4 nitrogen and oxygen atoms in total. The van der Waals surface area contributed by atoms with E-state index in [2.05, 4.69) is 0 Å². The number of hydrogen-bond acceptors (Lipinski definition) is 3. The van der Waals surface area contributed by atoms with Crippen LogP contribution in [0.25, 0.3) is 0 Å². The highest BCUT2D eigenvalue weighted by molar-refractivity contribution is 5.73. The van der Waals surface area contributed by atoms with Crippen LogP contribution in [0.2, 0.25) is 0 Å². The van der Waals surface area contributed by atoms with Crippen LogP contribution in [-0.2, 0) is 11.3 Å². The van der Waals surface area contributed by atoms with E-state index in [1.165, 1.54) is 13.2 Å². The monoisotopic (exact) mass is 255 g/mol. The Balaban J connectivity index is 2.81. The number of likely N-dealkylation sites (N-methyl/N-ethyl adjacent to an activating group) is 1. The molecule has 5 heteroatoms. The molecule has 1 aromatic carbocycles. The molecular weight excluding hydrogens is 237 g/mol. The second-order valence-electron chi connectivity index (χ2n) is 4.13. The number of halogens is 1. The Morgan fingerprint density at radius 2 is 2.22 bits per heavy atom. The molecule has 1 aromatic rings. The van der Waals surface area contributed by atoms with Crippen molar-refractivity contribution in [2.75, 3.05) is 14.2 Å². The zero-order valence-corrected chi connectivity index (χ0v) is 10.8. The Bertz CT molecular complexity index is 423. The number of aliphatic carboxylic acids is 1. The van der Waals surface area contributed by atoms with Gasteiger partial charge < -0.3 is 9.84 Å². The van der Waals surface area contributed by atoms with Crippen molar-refractivity contribution in [1.82, 2.24) is 4.90 Å². The number of carbonyl (C=O) groups is 1. The van der Waals surface area contributed by atoms with Crippen molar-refractivity contribution in [3.63, 3.8) is 0 Å². The molecule has 100 valence electrons. The van der Waals surface area contributed by atoms with Crippen molar-refractivity contribution in [2.45, 2.75) is 25.9 Å². The predicted molar refractivity (Wildman–Crippen MR) is 66.1 cm³/mol. The Hall–Kier alpha value is -1.62. The smallest absolute Gasteiger partial charge is 0.320 e. The minimum Gasteiger partial charge on any atom is -0.497 e. The van der Waals surface area contributed by atoms with Gasteiger partial charge >= 0.3 is 5.97 Å². The van der Waals surface area contributed by atoms with Gasteiger partial charge in [-0.2, -0.15) is 0 Å². The third-order valence-electron chi connectivity index (χ3n) is 2.88. The first-order chi connectivity index (χ1) is 8.49. The fourth-order valence-electron chi connectivity index (χ4n) is 1.84. The van der Waals surface area contributed by atoms with E-state index < -0.39 is 12.0 Å². The van der Waals surface area contributed by atoms with Crippen LogP contribution < -0.4 is 4.74 Å². The highest BCUT2D eigenvalue weighted by atomic mass is 19.1. The first kappa shape index (κ1) is 14.4. The SMILES string of the molecule is CCC(C(=O)O)N(C)Cc1ccc(OC)cc1F. The van der Waals surface area contributed by atoms with Crippen molar-refractivity contribution in [3.8, 4) is 5.75 Å². The second-order valence-corrected chi connectivity index (χ2v) is 4.13. The van der Waals surface area contributed by atoms with Gasteiger partial charge in [0.15, 0.2) is 0 Å². The fourth-order valence-corrected chi connectivity index (χ4v) is 1.84. The number of carboxylic acid groups (broad SMARTS) is 1. The highest BCUT2D eigenvalue weighted by Crippen LogP contribution is 2.18. The summed E-state index contributed by atoms with van der Waals surface area (Å²) in [6.07, 6.45) is 0.476. The summed E-state index contributed by atoms with van der Waals surface area (Å²) in [7, 11) is 3.14. The van der Waals surface area contributed by atoms with Gasteiger partial charge in [0.05, 0.1) is 7.11 Å². The molecule has 1 N–H and O–H groups in total. The summed E-state index contributed by atoms with van der Waals surface area (Å²) in [6.45, 7) is 2.04. The van der Waals surface area contributed by atoms with Crippen molar-refractivity contribution < 1.29 is 19.0 Å². The maximum atomic E-state index is 13.7. The van der Waals surface area contributed by atoms with Gasteiger partial charge in [0.2, 0.25) is 0 Å². The third kappa shape index (κ3) is 3.43. The van der Waals surface area contributed by atoms with E-state index in [9.17, 15) is 9.18 Å². The quantitative estimate of drug-likeness (QED) is 0.846. The maximum absolute atomic E-state index is 13.7. The number of rotatable bonds is 6. The van der Waals surface area contributed by atoms with Gasteiger partial charge in [0.1, 0.15) is 17.6 Å². The molecule has 1 unspecified atom stereocenters. The summed E-state index contributed by atoms with van der Waals surface area (Å²) in [6, 6.07) is 3.96. The van der Waals surface area contributed by atoms with E-state index in [-0.39, 0.29) is 12.4 Å². The van der Waals surface area contributed by atoms with Crippen LogP contribution in [-0.4, -0.2) is 36.2 Å². The molecule has 1 atom stereocenters. The molecule has 0 heterocycles. The minimum atomic E-state index is -0.895. The van der Waals surface area contributed by atoms with Crippen molar-refractivity contribution in [1.29, 1.82) is 0 Å². The van der Waals surface area contributed by atoms with E-state index in [0.29, 0.717) is 17.7 Å². The lowest BCUT2D eigenvalue weighted by Gasteiger charge is -2.23. The molecule has 0 saturated heterocycles. The molecule has 0 aliphatic heterocycles. The Morgan fingerprint density at radius 1 is 1.56 bits per heavy atom. The predicted octanol–water partition coefficient (Wildman–Crippen LogP) is 2.13. The second kappa shape index (κ2) is 6.35. The fraction of sp³-hybridized carbons (Fsp3) is 0.462. The lowest BCUT2D eigenvalue weighted by Crippen LogP contribution is -2.37. The molecule has 0 fully saturated rings. The summed E-state index contributed by atoms with van der Waals surface area (Å²) in [5, 5.41) is 9.02. The van der Waals surface area contributed by atoms with Gasteiger partial charge in [-0.15, -0.1) is 0 Å². The summed E-state index contributed by atoms with van der Waals surface area (Å²) < 4.78 is 18.6. The van der Waals surface area contributed by atoms with Crippen molar-refractivity contribution in [3.05, 3.63) is 29.6 Å². The number of benzene rings is 1. The largest absolute Gasteiger partial charge is 0.497 e. The molecular formula is C13H18FNO3. The van der Waals surface area contributed by atoms with Crippen LogP contribution in [0.3, 0.4) is 0 Å². The molecule has 18 heavy (non-hydrogen) atoms. The normalized spacial score (nSPS) is 12.5. The molecule has 0 spiro atoms. The van der Waals surface area contributed by atoms with Gasteiger partial charge in [0, 0.05) is 18.2 Å². The Kier molecular flexibility index (Phi) is 5.09. The number of carboxylic acids is 1. The first-order valence-corrected chi connectivity index (χ1v) is 5.75. The van der Waals surface area contributed by atoms with E-state index in [1.54, 1.807) is 31.0 Å². The number of ether oxygens (including phenoxy) is 1. The van der Waals surface area contributed by atoms with Gasteiger partial charge in [0.25, 0.3) is 0 Å². The van der Waals surface area contributed by atoms with Gasteiger partial charge in [-0.1, -0.05) is 13.0 Å². The molecule has 0 saturated carbocycles. The molecule has 0 amide bonds. The van der Waals surface area contributed by atoms with Crippen LogP contribution in [0.4, 0.5) is 4.39 Å². The van der Waals surface area contributed by atoms with Gasteiger partial charge in [-0.05, 0) is 19.5 Å². The summed E-state index contributed by atoms with van der Waals surface area (Å²) in [4.78, 5) is 12.6. The lowest BCUT2D eigenvalue weighted by molar-refractivity contribution is -0.143. The van der Waals surface area contributed by atoms with Crippen molar-refractivity contribution in [2.24, 2.45) is 0 Å². The van der Waals surface area contributed by atoms with E-state index in [4.69, 9.17) is 9.84 Å². The number of methoxy groups -OCH3 is 1. The topological polar surface area (TPSA) is 49.8 Å². The molecule has 0 aromatic heterocycles. The average molecular weight is 255 g/mol. The van der Waals surface area contributed by atoms with E-state index in [1.807, 2.05) is 0 Å².